The summed E-state index contributed by atoms with van der Waals surface area (Å²) in [6, 6.07) is 8.01. The van der Waals surface area contributed by atoms with Gasteiger partial charge in [-0.15, -0.1) is 11.8 Å². The molecule has 0 radical (unpaired) electrons. The molecule has 0 aliphatic carbocycles. The van der Waals surface area contributed by atoms with E-state index in [2.05, 4.69) is 0 Å². The molecule has 4 rings (SSSR count). The first-order valence-electron chi connectivity index (χ1n) is 8.09. The summed E-state index contributed by atoms with van der Waals surface area (Å²) in [5, 5.41) is 9.99. The van der Waals surface area contributed by atoms with Crippen LogP contribution in [0.15, 0.2) is 50.8 Å². The predicted octanol–water partition coefficient (Wildman–Crippen LogP) is 1.44. The van der Waals surface area contributed by atoms with Crippen LogP contribution in [0.4, 0.5) is 0 Å². The first kappa shape index (κ1) is 17.6. The second kappa shape index (κ2) is 6.75. The van der Waals surface area contributed by atoms with Crippen LogP contribution >= 0.6 is 11.8 Å². The number of carbonyl (C=O) groups is 2. The van der Waals surface area contributed by atoms with E-state index in [-0.39, 0.29) is 23.6 Å². The maximum absolute atomic E-state index is 12.1. The summed E-state index contributed by atoms with van der Waals surface area (Å²) in [4.78, 5) is 36.5. The smallest absolute Gasteiger partial charge is 0.352 e. The third-order valence-corrected chi connectivity index (χ3v) is 5.78. The summed E-state index contributed by atoms with van der Waals surface area (Å²) < 4.78 is 15.9. The number of ether oxygens (including phenoxy) is 2. The van der Waals surface area contributed by atoms with Crippen LogP contribution in [-0.4, -0.2) is 52.8 Å². The number of hydrogen-bond acceptors (Lipinski definition) is 7. The number of nitrogens with zero attached hydrogens (tertiary/aromatic N) is 1. The number of benzene rings is 1. The second-order valence-electron chi connectivity index (χ2n) is 6.07. The van der Waals surface area contributed by atoms with Crippen LogP contribution in [0, 0.1) is 0 Å². The fraction of sp³-hybridized carbons (Fsp3) is 0.278. The molecule has 0 bridgehead atoms. The molecular formula is C18H15NO7S. The Morgan fingerprint density at radius 2 is 2.11 bits per heavy atom. The van der Waals surface area contributed by atoms with Crippen molar-refractivity contribution in [2.45, 2.75) is 11.5 Å². The highest BCUT2D eigenvalue weighted by atomic mass is 32.2. The molecule has 140 valence electrons. The van der Waals surface area contributed by atoms with E-state index in [0.29, 0.717) is 22.7 Å². The number of amides is 1. The lowest BCUT2D eigenvalue weighted by Gasteiger charge is -2.48. The number of fused-ring (bicyclic) bond motifs is 2. The predicted molar refractivity (Wildman–Crippen MR) is 96.5 cm³/mol. The highest BCUT2D eigenvalue weighted by Gasteiger charge is 2.54. The van der Waals surface area contributed by atoms with Crippen LogP contribution in [0.25, 0.3) is 11.0 Å². The maximum Gasteiger partial charge on any atom is 0.352 e. The topological polar surface area (TPSA) is 106 Å². The van der Waals surface area contributed by atoms with Gasteiger partial charge < -0.3 is 19.0 Å². The van der Waals surface area contributed by atoms with Gasteiger partial charge >= 0.3 is 11.6 Å². The molecule has 1 saturated heterocycles. The molecule has 2 atom stereocenters. The lowest BCUT2D eigenvalue weighted by Crippen LogP contribution is -2.65. The number of aliphatic carboxylic acids is 1. The van der Waals surface area contributed by atoms with Gasteiger partial charge in [-0.3, -0.25) is 9.69 Å². The average Bonchev–Trinajstić information content (AvgIpc) is 2.65. The van der Waals surface area contributed by atoms with Crippen molar-refractivity contribution in [3.63, 3.8) is 0 Å². The van der Waals surface area contributed by atoms with Crippen molar-refractivity contribution >= 4 is 34.6 Å². The fourth-order valence-electron chi connectivity index (χ4n) is 3.14. The van der Waals surface area contributed by atoms with Crippen LogP contribution in [-0.2, 0) is 14.3 Å². The van der Waals surface area contributed by atoms with Crippen molar-refractivity contribution in [2.24, 2.45) is 0 Å². The average molecular weight is 389 g/mol. The number of carboxylic acid groups (broad SMARTS) is 1. The van der Waals surface area contributed by atoms with Crippen molar-refractivity contribution in [3.8, 4) is 5.75 Å². The Morgan fingerprint density at radius 3 is 2.85 bits per heavy atom. The molecular weight excluding hydrogens is 374 g/mol. The number of rotatable bonds is 5. The van der Waals surface area contributed by atoms with E-state index in [1.165, 1.54) is 29.8 Å². The molecule has 0 spiro atoms. The minimum absolute atomic E-state index is 0.00531. The molecule has 2 aromatic rings. The second-order valence-corrected chi connectivity index (χ2v) is 7.17. The summed E-state index contributed by atoms with van der Waals surface area (Å²) in [6.45, 7) is 0.00531. The van der Waals surface area contributed by atoms with E-state index in [0.717, 1.165) is 5.39 Å². The summed E-state index contributed by atoms with van der Waals surface area (Å²) in [5.74, 6) is -0.687. The third kappa shape index (κ3) is 2.98. The molecule has 1 aromatic carbocycles. The number of hydrogen-bond donors (Lipinski definition) is 1. The van der Waals surface area contributed by atoms with Crippen LogP contribution in [0.3, 0.4) is 0 Å². The third-order valence-electron chi connectivity index (χ3n) is 4.46. The van der Waals surface area contributed by atoms with E-state index in [9.17, 15) is 19.5 Å². The van der Waals surface area contributed by atoms with Gasteiger partial charge in [-0.2, -0.15) is 0 Å². The van der Waals surface area contributed by atoms with E-state index < -0.39 is 17.7 Å². The Labute approximate surface area is 157 Å². The molecule has 1 fully saturated rings. The van der Waals surface area contributed by atoms with Crippen molar-refractivity contribution in [2.75, 3.05) is 19.5 Å². The van der Waals surface area contributed by atoms with Gasteiger partial charge in [0.1, 0.15) is 29.0 Å². The maximum atomic E-state index is 12.1. The van der Waals surface area contributed by atoms with Crippen LogP contribution in [0.2, 0.25) is 0 Å². The van der Waals surface area contributed by atoms with E-state index in [1.54, 1.807) is 24.3 Å². The fourth-order valence-corrected chi connectivity index (χ4v) is 4.50. The van der Waals surface area contributed by atoms with Gasteiger partial charge in [0.25, 0.3) is 5.91 Å². The zero-order chi connectivity index (χ0) is 19.1. The van der Waals surface area contributed by atoms with E-state index in [1.807, 2.05) is 0 Å². The molecule has 2 aliphatic rings. The largest absolute Gasteiger partial charge is 0.489 e. The Hall–Kier alpha value is -2.78. The lowest BCUT2D eigenvalue weighted by atomic mass is 10.1. The molecule has 1 aromatic heterocycles. The SMILES string of the molecule is CO[C@H]1C(=O)N2C(C(=O)O)=C(COc3ccc4ccc(=O)oc4c3)CS[C@H]12. The summed E-state index contributed by atoms with van der Waals surface area (Å²) in [7, 11) is 1.43. The summed E-state index contributed by atoms with van der Waals surface area (Å²) in [6.07, 6.45) is -0.616. The first-order valence-corrected chi connectivity index (χ1v) is 9.14. The summed E-state index contributed by atoms with van der Waals surface area (Å²) in [5.41, 5.74) is 0.367. The zero-order valence-corrected chi connectivity index (χ0v) is 15.0. The Bertz CT molecular complexity index is 1030. The van der Waals surface area contributed by atoms with Crippen molar-refractivity contribution in [1.82, 2.24) is 4.90 Å². The molecule has 27 heavy (non-hydrogen) atoms. The quantitative estimate of drug-likeness (QED) is 0.605. The van der Waals surface area contributed by atoms with Crippen molar-refractivity contribution in [1.29, 1.82) is 0 Å². The number of methoxy groups -OCH3 is 1. The first-order chi connectivity index (χ1) is 13.0. The van der Waals surface area contributed by atoms with Crippen molar-refractivity contribution in [3.05, 3.63) is 52.0 Å². The molecule has 3 heterocycles. The van der Waals surface area contributed by atoms with Crippen LogP contribution in [0.5, 0.6) is 5.75 Å². The lowest BCUT2D eigenvalue weighted by molar-refractivity contribution is -0.162. The highest BCUT2D eigenvalue weighted by Crippen LogP contribution is 2.41. The number of carboxylic acids is 1. The number of carbonyl (C=O) groups excluding carboxylic acids is 1. The Balaban J connectivity index is 1.58. The van der Waals surface area contributed by atoms with Crippen LogP contribution < -0.4 is 10.4 Å². The van der Waals surface area contributed by atoms with Gasteiger partial charge in [-0.1, -0.05) is 0 Å². The minimum atomic E-state index is -1.17. The Kier molecular flexibility index (Phi) is 4.40. The van der Waals surface area contributed by atoms with Gasteiger partial charge in [-0.25, -0.2) is 9.59 Å². The molecule has 8 nitrogen and oxygen atoms in total. The molecule has 9 heteroatoms. The van der Waals surface area contributed by atoms with Gasteiger partial charge in [-0.05, 0) is 18.2 Å². The normalized spacial score (nSPS) is 21.8. The zero-order valence-electron chi connectivity index (χ0n) is 14.2. The van der Waals surface area contributed by atoms with E-state index >= 15 is 0 Å². The Morgan fingerprint density at radius 1 is 1.33 bits per heavy atom. The van der Waals surface area contributed by atoms with Crippen molar-refractivity contribution < 1.29 is 28.6 Å². The minimum Gasteiger partial charge on any atom is -0.489 e. The summed E-state index contributed by atoms with van der Waals surface area (Å²) >= 11 is 1.44. The molecule has 2 aliphatic heterocycles. The monoisotopic (exact) mass is 389 g/mol. The molecule has 0 unspecified atom stereocenters. The van der Waals surface area contributed by atoms with Gasteiger partial charge in [0.05, 0.1) is 0 Å². The number of β-lactam (4-membered cyclic amide) rings is 1. The highest BCUT2D eigenvalue weighted by molar-refractivity contribution is 8.00. The molecule has 0 saturated carbocycles. The standard InChI is InChI=1S/C18H15NO7S/c1-24-15-16(21)19-14(18(22)23)10(8-27-17(15)19)7-25-11-4-2-9-3-5-13(20)26-12(9)6-11/h2-6,15,17H,7-8H2,1H3,(H,22,23)/t15-,17+/m0/s1. The van der Waals surface area contributed by atoms with Crippen LogP contribution in [0.1, 0.15) is 0 Å². The molecule has 1 N–H and O–H groups in total. The van der Waals surface area contributed by atoms with Gasteiger partial charge in [0.15, 0.2) is 6.10 Å². The number of thioether (sulfide) groups is 1. The van der Waals surface area contributed by atoms with E-state index in [4.69, 9.17) is 13.9 Å². The van der Waals surface area contributed by atoms with Gasteiger partial charge in [0, 0.05) is 36.0 Å². The van der Waals surface area contributed by atoms with Gasteiger partial charge in [0.2, 0.25) is 0 Å². The molecule has 1 amide bonds.